The molecule has 6 saturated heterocycles. The summed E-state index contributed by atoms with van der Waals surface area (Å²) >= 11 is 0. The van der Waals surface area contributed by atoms with E-state index in [1.807, 2.05) is 0 Å². The van der Waals surface area contributed by atoms with Crippen LogP contribution in [0.1, 0.15) is 108 Å². The molecule has 6 heterocycles. The molecular weight excluding hydrogens is 973 g/mol. The summed E-state index contributed by atoms with van der Waals surface area (Å²) in [6, 6.07) is 22.0. The molecule has 416 valence electrons. The summed E-state index contributed by atoms with van der Waals surface area (Å²) in [7, 11) is 0. The standard InChI is InChI=1S/C23H28O4.C22H26O4.C20H30O4/c1-14-5-18(6-15(2)22(14)26-12-20-10-24-20)9-19-7-16(3)23(17(4)8-19)27-13-21-11-25-21;1-13-5-17(6-14(2)21(13)25-11-19-9-23-19)18-7-15(3)22(16(4)8-18)26-12-20-10-24-20;1-19(2,3)15-7-18(24-12-14-10-22-14)16(20(4,5)6)8-17(15)23-11-13-9-21-13/h5-8,20-21H,9-13H2,1-4H3;5-8,19-20H,9-12H2,1-4H3;7-8,13-14H,9-12H2,1-6H3. The van der Waals surface area contributed by atoms with E-state index < -0.39 is 0 Å². The minimum Gasteiger partial charge on any atom is -0.490 e. The summed E-state index contributed by atoms with van der Waals surface area (Å²) in [4.78, 5) is 0. The number of aryl methyl sites for hydroxylation is 8. The summed E-state index contributed by atoms with van der Waals surface area (Å²) in [5.74, 6) is 5.82. The fraction of sp³-hybridized carbons (Fsp3) is 0.538. The van der Waals surface area contributed by atoms with Gasteiger partial charge in [-0.15, -0.1) is 0 Å². The van der Waals surface area contributed by atoms with Gasteiger partial charge in [0.25, 0.3) is 0 Å². The minimum absolute atomic E-state index is 0.0235. The molecule has 6 aliphatic rings. The van der Waals surface area contributed by atoms with Crippen molar-refractivity contribution in [3.05, 3.63) is 127 Å². The van der Waals surface area contributed by atoms with Crippen LogP contribution in [-0.2, 0) is 45.7 Å². The van der Waals surface area contributed by atoms with Gasteiger partial charge in [0.2, 0.25) is 0 Å². The lowest BCUT2D eigenvalue weighted by molar-refractivity contribution is 0.249. The molecule has 5 aromatic carbocycles. The van der Waals surface area contributed by atoms with Crippen molar-refractivity contribution < 1.29 is 56.8 Å². The molecule has 0 amide bonds. The quantitative estimate of drug-likeness (QED) is 0.0648. The molecule has 0 bridgehead atoms. The Labute approximate surface area is 458 Å². The van der Waals surface area contributed by atoms with E-state index in [9.17, 15) is 0 Å². The first kappa shape index (κ1) is 56.4. The lowest BCUT2D eigenvalue weighted by atomic mass is 9.81. The second kappa shape index (κ2) is 23.9. The molecule has 12 nitrogen and oxygen atoms in total. The Morgan fingerprint density at radius 1 is 0.325 bits per heavy atom. The van der Waals surface area contributed by atoms with Gasteiger partial charge in [0.15, 0.2) is 0 Å². The number of hydrogen-bond acceptors (Lipinski definition) is 12. The fourth-order valence-corrected chi connectivity index (χ4v) is 9.69. The van der Waals surface area contributed by atoms with Crippen LogP contribution in [0.2, 0.25) is 0 Å². The average Bonchev–Trinajstić information content (AvgIpc) is 4.13. The summed E-state index contributed by atoms with van der Waals surface area (Å²) < 4.78 is 67.5. The predicted molar refractivity (Wildman–Crippen MR) is 301 cm³/mol. The van der Waals surface area contributed by atoms with E-state index in [0.717, 1.165) is 103 Å². The summed E-state index contributed by atoms with van der Waals surface area (Å²) in [5.41, 5.74) is 16.7. The molecule has 6 aliphatic heterocycles. The fourth-order valence-electron chi connectivity index (χ4n) is 9.69. The van der Waals surface area contributed by atoms with Crippen molar-refractivity contribution in [2.24, 2.45) is 0 Å². The third-order valence-electron chi connectivity index (χ3n) is 14.3. The molecule has 0 saturated carbocycles. The van der Waals surface area contributed by atoms with Crippen molar-refractivity contribution >= 4 is 0 Å². The van der Waals surface area contributed by atoms with E-state index in [1.165, 1.54) is 55.6 Å². The summed E-state index contributed by atoms with van der Waals surface area (Å²) in [6.45, 7) is 38.8. The van der Waals surface area contributed by atoms with Crippen molar-refractivity contribution in [1.82, 2.24) is 0 Å². The molecular formula is C65H84O12. The van der Waals surface area contributed by atoms with Crippen LogP contribution in [0.4, 0.5) is 0 Å². The Bertz CT molecular complexity index is 2570. The zero-order valence-corrected chi connectivity index (χ0v) is 48.3. The van der Waals surface area contributed by atoms with Crippen molar-refractivity contribution in [1.29, 1.82) is 0 Å². The Morgan fingerprint density at radius 2 is 0.532 bits per heavy atom. The van der Waals surface area contributed by atoms with Gasteiger partial charge in [-0.2, -0.15) is 0 Å². The molecule has 6 atom stereocenters. The third kappa shape index (κ3) is 16.4. The van der Waals surface area contributed by atoms with Gasteiger partial charge in [-0.3, -0.25) is 0 Å². The van der Waals surface area contributed by atoms with Crippen molar-refractivity contribution in [3.8, 4) is 45.6 Å². The Kier molecular flexibility index (Phi) is 17.5. The number of ether oxygens (including phenoxy) is 12. The van der Waals surface area contributed by atoms with E-state index in [2.05, 4.69) is 158 Å². The first-order chi connectivity index (χ1) is 36.6. The lowest BCUT2D eigenvalue weighted by Gasteiger charge is -2.29. The van der Waals surface area contributed by atoms with E-state index in [0.29, 0.717) is 39.6 Å². The lowest BCUT2D eigenvalue weighted by Crippen LogP contribution is -2.20. The van der Waals surface area contributed by atoms with E-state index in [1.54, 1.807) is 0 Å². The van der Waals surface area contributed by atoms with Gasteiger partial charge >= 0.3 is 0 Å². The Balaban J connectivity index is 0.000000141. The topological polar surface area (TPSA) is 131 Å². The molecule has 0 spiro atoms. The van der Waals surface area contributed by atoms with Crippen LogP contribution in [0.3, 0.4) is 0 Å². The predicted octanol–water partition coefficient (Wildman–Crippen LogP) is 12.0. The van der Waals surface area contributed by atoms with E-state index in [-0.39, 0.29) is 47.5 Å². The number of benzene rings is 5. The molecule has 6 fully saturated rings. The molecule has 0 radical (unpaired) electrons. The van der Waals surface area contributed by atoms with Gasteiger partial charge in [-0.1, -0.05) is 65.8 Å². The third-order valence-corrected chi connectivity index (χ3v) is 14.3. The van der Waals surface area contributed by atoms with Gasteiger partial charge in [0.1, 0.15) is 111 Å². The van der Waals surface area contributed by atoms with Crippen LogP contribution in [0, 0.1) is 55.4 Å². The van der Waals surface area contributed by atoms with Crippen LogP contribution in [-0.4, -0.2) is 116 Å². The second-order valence-corrected chi connectivity index (χ2v) is 24.1. The highest BCUT2D eigenvalue weighted by Gasteiger charge is 2.32. The molecule has 6 unspecified atom stereocenters. The van der Waals surface area contributed by atoms with Crippen LogP contribution < -0.4 is 28.4 Å². The van der Waals surface area contributed by atoms with E-state index >= 15 is 0 Å². The molecule has 0 aromatic heterocycles. The van der Waals surface area contributed by atoms with Crippen LogP contribution >= 0.6 is 0 Å². The largest absolute Gasteiger partial charge is 0.490 e. The summed E-state index contributed by atoms with van der Waals surface area (Å²) in [6.07, 6.45) is 2.50. The molecule has 11 rings (SSSR count). The van der Waals surface area contributed by atoms with Gasteiger partial charge in [-0.25, -0.2) is 0 Å². The number of hydrogen-bond donors (Lipinski definition) is 0. The average molecular weight is 1060 g/mol. The van der Waals surface area contributed by atoms with Gasteiger partial charge < -0.3 is 56.8 Å². The molecule has 12 heteroatoms. The van der Waals surface area contributed by atoms with Crippen LogP contribution in [0.5, 0.6) is 34.5 Å². The van der Waals surface area contributed by atoms with E-state index in [4.69, 9.17) is 56.8 Å². The summed E-state index contributed by atoms with van der Waals surface area (Å²) in [5, 5.41) is 0. The highest BCUT2D eigenvalue weighted by molar-refractivity contribution is 5.70. The van der Waals surface area contributed by atoms with Crippen LogP contribution in [0.15, 0.2) is 60.7 Å². The SMILES string of the molecule is CC(C)(C)c1cc(OCC2CO2)c(C(C)(C)C)cc1OCC1CO1.Cc1cc(-c2cc(C)c(OCC3CO3)c(C)c2)cc(C)c1OCC1CO1.Cc1cc(Cc2cc(C)c(OCC3CO3)c(C)c2)cc(C)c1OCC1CO1. The Morgan fingerprint density at radius 3 is 0.740 bits per heavy atom. The van der Waals surface area contributed by atoms with Crippen molar-refractivity contribution in [3.63, 3.8) is 0 Å². The smallest absolute Gasteiger partial charge is 0.125 e. The molecule has 77 heavy (non-hydrogen) atoms. The zero-order chi connectivity index (χ0) is 54.8. The highest BCUT2D eigenvalue weighted by atomic mass is 16.6. The monoisotopic (exact) mass is 1060 g/mol. The van der Waals surface area contributed by atoms with Crippen molar-refractivity contribution in [2.45, 2.75) is 151 Å². The number of epoxide rings is 6. The maximum atomic E-state index is 6.11. The normalized spacial score (nSPS) is 21.4. The molecule has 0 aliphatic carbocycles. The van der Waals surface area contributed by atoms with Gasteiger partial charge in [0.05, 0.1) is 39.6 Å². The van der Waals surface area contributed by atoms with Crippen molar-refractivity contribution in [2.75, 3.05) is 79.3 Å². The Hall–Kier alpha value is -5.34. The highest BCUT2D eigenvalue weighted by Crippen LogP contribution is 2.42. The molecule has 0 N–H and O–H groups in total. The van der Waals surface area contributed by atoms with Gasteiger partial charge in [-0.05, 0) is 176 Å². The zero-order valence-electron chi connectivity index (χ0n) is 48.3. The second-order valence-electron chi connectivity index (χ2n) is 24.1. The number of rotatable bonds is 21. The first-order valence-corrected chi connectivity index (χ1v) is 27.7. The maximum absolute atomic E-state index is 6.11. The maximum Gasteiger partial charge on any atom is 0.125 e. The minimum atomic E-state index is -0.0235. The van der Waals surface area contributed by atoms with Crippen LogP contribution in [0.25, 0.3) is 11.1 Å². The molecule has 5 aromatic rings. The van der Waals surface area contributed by atoms with Gasteiger partial charge in [0, 0.05) is 11.1 Å². The first-order valence-electron chi connectivity index (χ1n) is 27.7.